The molecule has 2 fully saturated rings. The smallest absolute Gasteiger partial charge is 0.345 e. The molecule has 0 radical (unpaired) electrons. The first kappa shape index (κ1) is 34.5. The average Bonchev–Trinajstić information content (AvgIpc) is 3.22. The lowest BCUT2D eigenvalue weighted by Crippen LogP contribution is -2.75. The Morgan fingerprint density at radius 2 is 1.36 bits per heavy atom. The van der Waals surface area contributed by atoms with E-state index in [1.807, 2.05) is 60.7 Å². The second-order valence-corrected chi connectivity index (χ2v) is 13.5. The first-order valence-corrected chi connectivity index (χ1v) is 15.2. The van der Waals surface area contributed by atoms with Crippen LogP contribution in [0.1, 0.15) is 65.5 Å². The zero-order valence-corrected chi connectivity index (χ0v) is 27.1. The number of rotatable bonds is 12. The maximum Gasteiger partial charge on any atom is 0.345 e. The van der Waals surface area contributed by atoms with Gasteiger partial charge in [0.05, 0.1) is 13.2 Å². The minimum atomic E-state index is -2.51. The van der Waals surface area contributed by atoms with E-state index < -0.39 is 58.4 Å². The summed E-state index contributed by atoms with van der Waals surface area (Å²) in [4.78, 5) is 28.4. The lowest BCUT2D eigenvalue weighted by molar-refractivity contribution is -0.375. The van der Waals surface area contributed by atoms with Gasteiger partial charge in [0.15, 0.2) is 11.7 Å². The van der Waals surface area contributed by atoms with Crippen molar-refractivity contribution in [2.24, 2.45) is 0 Å². The molecule has 0 saturated carbocycles. The lowest BCUT2D eigenvalue weighted by atomic mass is 9.74. The fourth-order valence-electron chi connectivity index (χ4n) is 5.73. The summed E-state index contributed by atoms with van der Waals surface area (Å²) in [6, 6.07) is 18.8. The van der Waals surface area contributed by atoms with Crippen LogP contribution in [-0.2, 0) is 51.2 Å². The molecule has 2 bridgehead atoms. The number of ether oxygens (including phenoxy) is 6. The number of aliphatic hydroxyl groups is 1. The molecule has 4 rings (SSSR count). The summed E-state index contributed by atoms with van der Waals surface area (Å²) >= 11 is 0. The summed E-state index contributed by atoms with van der Waals surface area (Å²) in [5.74, 6) is -3.63. The van der Waals surface area contributed by atoms with E-state index in [1.165, 1.54) is 0 Å². The molecule has 0 unspecified atom stereocenters. The van der Waals surface area contributed by atoms with Gasteiger partial charge in [0, 0.05) is 6.42 Å². The lowest BCUT2D eigenvalue weighted by Gasteiger charge is -2.51. The van der Waals surface area contributed by atoms with Gasteiger partial charge in [-0.2, -0.15) is 0 Å². The van der Waals surface area contributed by atoms with Crippen molar-refractivity contribution < 1.29 is 43.1 Å². The van der Waals surface area contributed by atoms with Crippen LogP contribution in [-0.4, -0.2) is 63.5 Å². The molecule has 9 nitrogen and oxygen atoms in total. The van der Waals surface area contributed by atoms with Crippen molar-refractivity contribution in [2.45, 2.75) is 114 Å². The molecule has 0 amide bonds. The third-order valence-corrected chi connectivity index (χ3v) is 7.63. The molecule has 0 aliphatic carbocycles. The molecule has 1 N–H and O–H groups in total. The van der Waals surface area contributed by atoms with E-state index in [9.17, 15) is 14.7 Å². The molecule has 6 atom stereocenters. The quantitative estimate of drug-likeness (QED) is 0.239. The van der Waals surface area contributed by atoms with Crippen LogP contribution in [0.3, 0.4) is 0 Å². The fourth-order valence-corrected chi connectivity index (χ4v) is 5.73. The maximum absolute atomic E-state index is 14.6. The van der Waals surface area contributed by atoms with Crippen LogP contribution in [0.5, 0.6) is 0 Å². The average molecular weight is 623 g/mol. The molecule has 9 heteroatoms. The standard InChI is InChI=1S/C36H46O9/c1-9-11-22-35-27(40-23-25-18-14-12-15-19-25)28(41-24-26-20-16-13-17-21-26)36(45-35,31(38)44-33(6,7)8)34(39,10-2)29(42-35)30(37)43-32(3,4)5/h9-10,12-21,27-29,39H,1-2,11,22-24H2,3-8H3/t27-,28-,29-,34+,35+,36+/m1/s1. The predicted octanol–water partition coefficient (Wildman–Crippen LogP) is 5.59. The summed E-state index contributed by atoms with van der Waals surface area (Å²) in [6.07, 6.45) is -1.02. The molecule has 244 valence electrons. The molecule has 2 aromatic rings. The highest BCUT2D eigenvalue weighted by molar-refractivity contribution is 5.88. The van der Waals surface area contributed by atoms with E-state index in [2.05, 4.69) is 13.2 Å². The van der Waals surface area contributed by atoms with Gasteiger partial charge in [0.2, 0.25) is 11.4 Å². The molecule has 2 aliphatic heterocycles. The Balaban J connectivity index is 1.95. The Hall–Kier alpha value is -3.34. The van der Waals surface area contributed by atoms with Gasteiger partial charge in [-0.15, -0.1) is 6.58 Å². The SMILES string of the molecule is C=CCC[C@]12O[C@H](C(=O)OC(C)(C)C)[C@@](O)(C=C)[C@](C(=O)OC(C)(C)C)(O1)[C@H](OCc1ccccc1)[C@H]2OCc1ccccc1. The second kappa shape index (κ2) is 13.2. The van der Waals surface area contributed by atoms with Gasteiger partial charge in [-0.05, 0) is 59.1 Å². The van der Waals surface area contributed by atoms with Gasteiger partial charge in [-0.25, -0.2) is 9.59 Å². The Morgan fingerprint density at radius 1 is 0.844 bits per heavy atom. The van der Waals surface area contributed by atoms with Gasteiger partial charge in [-0.3, -0.25) is 0 Å². The number of carbonyl (C=O) groups excluding carboxylic acids is 2. The molecule has 45 heavy (non-hydrogen) atoms. The van der Waals surface area contributed by atoms with Crippen molar-refractivity contribution in [3.8, 4) is 0 Å². The second-order valence-electron chi connectivity index (χ2n) is 13.5. The monoisotopic (exact) mass is 622 g/mol. The third-order valence-electron chi connectivity index (χ3n) is 7.63. The number of benzene rings is 2. The van der Waals surface area contributed by atoms with E-state index in [0.717, 1.165) is 17.2 Å². The van der Waals surface area contributed by atoms with E-state index in [-0.39, 0.29) is 19.6 Å². The van der Waals surface area contributed by atoms with Crippen molar-refractivity contribution in [2.75, 3.05) is 0 Å². The summed E-state index contributed by atoms with van der Waals surface area (Å²) in [5, 5.41) is 12.6. The van der Waals surface area contributed by atoms with Gasteiger partial charge in [-0.1, -0.05) is 79.4 Å². The van der Waals surface area contributed by atoms with Crippen LogP contribution < -0.4 is 0 Å². The van der Waals surface area contributed by atoms with Crippen molar-refractivity contribution in [3.05, 3.63) is 97.1 Å². The Morgan fingerprint density at radius 3 is 1.82 bits per heavy atom. The summed E-state index contributed by atoms with van der Waals surface area (Å²) in [7, 11) is 0. The summed E-state index contributed by atoms with van der Waals surface area (Å²) in [6.45, 7) is 18.0. The van der Waals surface area contributed by atoms with Crippen LogP contribution in [0.4, 0.5) is 0 Å². The van der Waals surface area contributed by atoms with Crippen LogP contribution in [0.15, 0.2) is 86.0 Å². The number of fused-ring (bicyclic) bond motifs is 2. The van der Waals surface area contributed by atoms with Gasteiger partial charge in [0.1, 0.15) is 23.4 Å². The first-order chi connectivity index (χ1) is 21.1. The van der Waals surface area contributed by atoms with Gasteiger partial charge in [0.25, 0.3) is 0 Å². The fraction of sp³-hybridized carbons (Fsp3) is 0.500. The minimum absolute atomic E-state index is 0.0203. The molecule has 2 aromatic carbocycles. The van der Waals surface area contributed by atoms with Gasteiger partial charge >= 0.3 is 11.9 Å². The first-order valence-electron chi connectivity index (χ1n) is 15.2. The predicted molar refractivity (Wildman–Crippen MR) is 168 cm³/mol. The normalized spacial score (nSPS) is 29.5. The van der Waals surface area contributed by atoms with E-state index >= 15 is 0 Å². The Bertz CT molecular complexity index is 1350. The Labute approximate surface area is 266 Å². The topological polar surface area (TPSA) is 110 Å². The number of allylic oxidation sites excluding steroid dienone is 1. The maximum atomic E-state index is 14.6. The van der Waals surface area contributed by atoms with Crippen molar-refractivity contribution in [1.82, 2.24) is 0 Å². The van der Waals surface area contributed by atoms with Crippen molar-refractivity contribution in [1.29, 1.82) is 0 Å². The zero-order valence-electron chi connectivity index (χ0n) is 27.1. The molecule has 0 spiro atoms. The summed E-state index contributed by atoms with van der Waals surface area (Å²) < 4.78 is 37.9. The molecule has 0 aromatic heterocycles. The van der Waals surface area contributed by atoms with Gasteiger partial charge < -0.3 is 33.5 Å². The summed E-state index contributed by atoms with van der Waals surface area (Å²) in [5.41, 5.74) is -5.19. The van der Waals surface area contributed by atoms with E-state index in [1.54, 1.807) is 47.6 Å². The van der Waals surface area contributed by atoms with Crippen LogP contribution >= 0.6 is 0 Å². The Kier molecular flexibility index (Phi) is 10.1. The highest BCUT2D eigenvalue weighted by Crippen LogP contribution is 2.57. The number of hydrogen-bond acceptors (Lipinski definition) is 9. The largest absolute Gasteiger partial charge is 0.458 e. The van der Waals surface area contributed by atoms with Crippen LogP contribution in [0.2, 0.25) is 0 Å². The minimum Gasteiger partial charge on any atom is -0.458 e. The zero-order chi connectivity index (χ0) is 33.1. The van der Waals surface area contributed by atoms with E-state index in [0.29, 0.717) is 6.42 Å². The van der Waals surface area contributed by atoms with Crippen LogP contribution in [0, 0.1) is 0 Å². The molecular formula is C36H46O9. The van der Waals surface area contributed by atoms with Crippen LogP contribution in [0.25, 0.3) is 0 Å². The number of hydrogen-bond donors (Lipinski definition) is 1. The van der Waals surface area contributed by atoms with E-state index in [4.69, 9.17) is 28.4 Å². The third kappa shape index (κ3) is 7.08. The highest BCUT2D eigenvalue weighted by atomic mass is 16.8. The molecule has 2 saturated heterocycles. The highest BCUT2D eigenvalue weighted by Gasteiger charge is 2.82. The molecule has 2 heterocycles. The number of carbonyl (C=O) groups is 2. The number of esters is 2. The van der Waals surface area contributed by atoms with Crippen molar-refractivity contribution in [3.63, 3.8) is 0 Å². The molecule has 2 aliphatic rings. The molecular weight excluding hydrogens is 576 g/mol. The van der Waals surface area contributed by atoms with Crippen molar-refractivity contribution >= 4 is 11.9 Å².